The molecule has 0 atom stereocenters. The maximum absolute atomic E-state index is 12.7. The van der Waals surface area contributed by atoms with E-state index in [2.05, 4.69) is 26.2 Å². The van der Waals surface area contributed by atoms with Gasteiger partial charge in [-0.3, -0.25) is 4.68 Å². The lowest BCUT2D eigenvalue weighted by molar-refractivity contribution is 0.256. The van der Waals surface area contributed by atoms with Gasteiger partial charge in [0, 0.05) is 24.8 Å². The van der Waals surface area contributed by atoms with Crippen LogP contribution in [0, 0.1) is 0 Å². The van der Waals surface area contributed by atoms with Crippen LogP contribution in [0.2, 0.25) is 0 Å². The van der Waals surface area contributed by atoms with Crippen molar-refractivity contribution in [3.8, 4) is 11.3 Å². The molecular formula is C20H24N6O3S. The molecule has 2 N–H and O–H groups in total. The number of hydrogen-bond donors (Lipinski definition) is 2. The molecular weight excluding hydrogens is 404 g/mol. The summed E-state index contributed by atoms with van der Waals surface area (Å²) in [4.78, 5) is 16.8. The molecule has 1 aliphatic rings. The van der Waals surface area contributed by atoms with Crippen LogP contribution in [-0.2, 0) is 29.9 Å². The number of hydrogen-bond acceptors (Lipinski definition) is 5. The number of fused-ring (bicyclic) bond motifs is 1. The number of urea groups is 1. The zero-order valence-electron chi connectivity index (χ0n) is 17.1. The average molecular weight is 429 g/mol. The predicted octanol–water partition coefficient (Wildman–Crippen LogP) is 2.86. The van der Waals surface area contributed by atoms with Gasteiger partial charge >= 0.3 is 6.03 Å². The zero-order chi connectivity index (χ0) is 21.5. The zero-order valence-corrected chi connectivity index (χ0v) is 17.9. The van der Waals surface area contributed by atoms with Gasteiger partial charge in [0.25, 0.3) is 10.0 Å². The summed E-state index contributed by atoms with van der Waals surface area (Å²) in [7, 11) is -2.22. The van der Waals surface area contributed by atoms with Crippen molar-refractivity contribution >= 4 is 21.7 Å². The molecule has 10 heteroatoms. The summed E-state index contributed by atoms with van der Waals surface area (Å²) in [5.41, 5.74) is 4.44. The van der Waals surface area contributed by atoms with Crippen LogP contribution in [0.5, 0.6) is 0 Å². The standard InChI is InChI=1S/C20H24N6O3S/c1-13(2)26-10-9-18(23-26)30(28,29)24-20(27)22-19-15-6-4-5-14(15)7-8-16(19)17-11-21-12-25(17)3/h7-13H,4-6H2,1-3H3,(H2,22,24,27). The highest BCUT2D eigenvalue weighted by Gasteiger charge is 2.25. The first-order chi connectivity index (χ1) is 14.3. The Morgan fingerprint density at radius 3 is 2.67 bits per heavy atom. The monoisotopic (exact) mass is 428 g/mol. The largest absolute Gasteiger partial charge is 0.334 e. The van der Waals surface area contributed by atoms with Gasteiger partial charge in [-0.15, -0.1) is 0 Å². The number of amides is 2. The van der Waals surface area contributed by atoms with Crippen LogP contribution in [0.4, 0.5) is 10.5 Å². The Labute approximate surface area is 175 Å². The number of rotatable bonds is 5. The molecule has 0 saturated heterocycles. The highest BCUT2D eigenvalue weighted by atomic mass is 32.2. The van der Waals surface area contributed by atoms with E-state index in [1.807, 2.05) is 31.5 Å². The second-order valence-electron chi connectivity index (χ2n) is 7.66. The van der Waals surface area contributed by atoms with Crippen molar-refractivity contribution in [3.05, 3.63) is 48.0 Å². The number of carbonyl (C=O) groups excluding carboxylic acids is 1. The minimum absolute atomic E-state index is 0.0103. The van der Waals surface area contributed by atoms with Gasteiger partial charge < -0.3 is 9.88 Å². The minimum atomic E-state index is -4.09. The topological polar surface area (TPSA) is 111 Å². The van der Waals surface area contributed by atoms with E-state index in [0.717, 1.165) is 41.6 Å². The number of aromatic nitrogens is 4. The average Bonchev–Trinajstić information content (AvgIpc) is 3.42. The fourth-order valence-electron chi connectivity index (χ4n) is 3.70. The Bertz CT molecular complexity index is 1210. The number of nitrogens with zero attached hydrogens (tertiary/aromatic N) is 4. The third kappa shape index (κ3) is 3.70. The van der Waals surface area contributed by atoms with E-state index in [9.17, 15) is 13.2 Å². The summed E-state index contributed by atoms with van der Waals surface area (Å²) in [6, 6.07) is 4.56. The molecule has 0 aliphatic heterocycles. The van der Waals surface area contributed by atoms with Gasteiger partial charge in [0.1, 0.15) is 0 Å². The molecule has 0 spiro atoms. The molecule has 4 rings (SSSR count). The molecule has 0 fully saturated rings. The van der Waals surface area contributed by atoms with Crippen LogP contribution in [0.15, 0.2) is 41.9 Å². The van der Waals surface area contributed by atoms with E-state index in [4.69, 9.17) is 0 Å². The number of imidazole rings is 1. The van der Waals surface area contributed by atoms with Gasteiger partial charge in [0.15, 0.2) is 5.03 Å². The molecule has 2 heterocycles. The van der Waals surface area contributed by atoms with Crippen LogP contribution >= 0.6 is 0 Å². The molecule has 3 aromatic rings. The van der Waals surface area contributed by atoms with E-state index in [0.29, 0.717) is 5.69 Å². The van der Waals surface area contributed by atoms with Gasteiger partial charge in [-0.25, -0.2) is 14.5 Å². The lowest BCUT2D eigenvalue weighted by Gasteiger charge is -2.16. The van der Waals surface area contributed by atoms with Crippen LogP contribution in [-0.4, -0.2) is 33.8 Å². The Morgan fingerprint density at radius 2 is 2.00 bits per heavy atom. The van der Waals surface area contributed by atoms with Gasteiger partial charge in [0.2, 0.25) is 0 Å². The van der Waals surface area contributed by atoms with Gasteiger partial charge in [0.05, 0.1) is 23.9 Å². The minimum Gasteiger partial charge on any atom is -0.334 e. The summed E-state index contributed by atoms with van der Waals surface area (Å²) in [6.45, 7) is 3.78. The lowest BCUT2D eigenvalue weighted by Crippen LogP contribution is -2.35. The number of sulfonamides is 1. The van der Waals surface area contributed by atoms with Crippen molar-refractivity contribution in [2.45, 2.75) is 44.2 Å². The maximum Gasteiger partial charge on any atom is 0.333 e. The number of benzene rings is 1. The smallest absolute Gasteiger partial charge is 0.333 e. The molecule has 1 aromatic carbocycles. The maximum atomic E-state index is 12.7. The highest BCUT2D eigenvalue weighted by Crippen LogP contribution is 2.37. The molecule has 9 nitrogen and oxygen atoms in total. The Morgan fingerprint density at radius 1 is 1.20 bits per heavy atom. The summed E-state index contributed by atoms with van der Waals surface area (Å²) < 4.78 is 30.7. The lowest BCUT2D eigenvalue weighted by atomic mass is 10.0. The molecule has 1 aliphatic carbocycles. The van der Waals surface area contributed by atoms with Crippen molar-refractivity contribution in [3.63, 3.8) is 0 Å². The van der Waals surface area contributed by atoms with Crippen LogP contribution < -0.4 is 10.0 Å². The van der Waals surface area contributed by atoms with E-state index < -0.39 is 16.1 Å². The van der Waals surface area contributed by atoms with Crippen LogP contribution in [0.3, 0.4) is 0 Å². The Balaban J connectivity index is 1.63. The summed E-state index contributed by atoms with van der Waals surface area (Å²) in [6.07, 6.45) is 7.72. The number of anilines is 1. The van der Waals surface area contributed by atoms with Crippen molar-refractivity contribution in [1.82, 2.24) is 24.1 Å². The van der Waals surface area contributed by atoms with Crippen LogP contribution in [0.25, 0.3) is 11.3 Å². The van der Waals surface area contributed by atoms with Gasteiger partial charge in [-0.05, 0) is 50.3 Å². The molecule has 158 valence electrons. The van der Waals surface area contributed by atoms with Crippen LogP contribution in [0.1, 0.15) is 37.4 Å². The fraction of sp³-hybridized carbons (Fsp3) is 0.350. The predicted molar refractivity (Wildman–Crippen MR) is 113 cm³/mol. The van der Waals surface area contributed by atoms with Crippen molar-refractivity contribution in [2.75, 3.05) is 5.32 Å². The second kappa shape index (κ2) is 7.60. The van der Waals surface area contributed by atoms with Gasteiger partial charge in [-0.2, -0.15) is 13.5 Å². The molecule has 30 heavy (non-hydrogen) atoms. The summed E-state index contributed by atoms with van der Waals surface area (Å²) in [5, 5.41) is 6.62. The fourth-order valence-corrected chi connectivity index (χ4v) is 4.55. The normalized spacial score (nSPS) is 13.5. The summed E-state index contributed by atoms with van der Waals surface area (Å²) in [5.74, 6) is 0. The number of nitrogens with one attached hydrogen (secondary N) is 2. The third-order valence-corrected chi connectivity index (χ3v) is 6.45. The summed E-state index contributed by atoms with van der Waals surface area (Å²) >= 11 is 0. The van der Waals surface area contributed by atoms with Crippen molar-refractivity contribution in [1.29, 1.82) is 0 Å². The first kappa shape index (κ1) is 20.1. The van der Waals surface area contributed by atoms with Crippen molar-refractivity contribution in [2.24, 2.45) is 7.05 Å². The van der Waals surface area contributed by atoms with E-state index >= 15 is 0 Å². The molecule has 0 unspecified atom stereocenters. The van der Waals surface area contributed by atoms with E-state index in [1.165, 1.54) is 10.7 Å². The first-order valence-corrected chi connectivity index (χ1v) is 11.2. The first-order valence-electron chi connectivity index (χ1n) is 9.76. The number of aryl methyl sites for hydroxylation is 2. The molecule has 0 bridgehead atoms. The highest BCUT2D eigenvalue weighted by molar-refractivity contribution is 7.90. The molecule has 2 amide bonds. The Hall–Kier alpha value is -3.14. The van der Waals surface area contributed by atoms with Gasteiger partial charge in [-0.1, -0.05) is 12.1 Å². The molecule has 2 aromatic heterocycles. The second-order valence-corrected chi connectivity index (χ2v) is 9.29. The molecule has 0 radical (unpaired) electrons. The van der Waals surface area contributed by atoms with E-state index in [-0.39, 0.29) is 11.1 Å². The quantitative estimate of drug-likeness (QED) is 0.649. The third-order valence-electron chi connectivity index (χ3n) is 5.23. The van der Waals surface area contributed by atoms with Crippen molar-refractivity contribution < 1.29 is 13.2 Å². The number of carbonyl (C=O) groups is 1. The Kier molecular flexibility index (Phi) is 5.10. The SMILES string of the molecule is CC(C)n1ccc(S(=O)(=O)NC(=O)Nc2c(-c3cncn3C)ccc3c2CCC3)n1. The van der Waals surface area contributed by atoms with E-state index in [1.54, 1.807) is 18.7 Å². The molecule has 0 saturated carbocycles.